The van der Waals surface area contributed by atoms with Gasteiger partial charge in [0.2, 0.25) is 0 Å². The average Bonchev–Trinajstić information content (AvgIpc) is 2.60. The predicted octanol–water partition coefficient (Wildman–Crippen LogP) is 3.50. The lowest BCUT2D eigenvalue weighted by molar-refractivity contribution is 0.187. The fraction of sp³-hybridized carbons (Fsp3) is 0.615. The van der Waals surface area contributed by atoms with Gasteiger partial charge in [-0.15, -0.1) is 0 Å². The third-order valence-electron chi connectivity index (χ3n) is 3.55. The molecule has 2 atom stereocenters. The van der Waals surface area contributed by atoms with Crippen LogP contribution in [0.3, 0.4) is 0 Å². The van der Waals surface area contributed by atoms with Crippen LogP contribution < -0.4 is 0 Å². The lowest BCUT2D eigenvalue weighted by Gasteiger charge is -2.27. The molecule has 1 aliphatic rings. The van der Waals surface area contributed by atoms with Crippen molar-refractivity contribution in [3.8, 4) is 0 Å². The molecule has 0 aliphatic carbocycles. The molecule has 3 heteroatoms. The number of hydrogen-bond donors (Lipinski definition) is 0. The SMILES string of the molecule is CCC1CCC(C)N1Cc1cc(Cl)ccn1. The lowest BCUT2D eigenvalue weighted by Crippen LogP contribution is -2.33. The normalized spacial score (nSPS) is 26.2. The van der Waals surface area contributed by atoms with E-state index in [1.54, 1.807) is 6.20 Å². The van der Waals surface area contributed by atoms with Crippen molar-refractivity contribution in [2.75, 3.05) is 0 Å². The van der Waals surface area contributed by atoms with Gasteiger partial charge >= 0.3 is 0 Å². The average molecular weight is 239 g/mol. The quantitative estimate of drug-likeness (QED) is 0.801. The van der Waals surface area contributed by atoms with Gasteiger partial charge in [0.25, 0.3) is 0 Å². The van der Waals surface area contributed by atoms with Crippen LogP contribution in [0.15, 0.2) is 18.3 Å². The van der Waals surface area contributed by atoms with Gasteiger partial charge in [-0.25, -0.2) is 0 Å². The Morgan fingerprint density at radius 2 is 2.31 bits per heavy atom. The summed E-state index contributed by atoms with van der Waals surface area (Å²) in [6, 6.07) is 5.19. The summed E-state index contributed by atoms with van der Waals surface area (Å²) in [5, 5.41) is 0.782. The molecular formula is C13H19ClN2. The van der Waals surface area contributed by atoms with E-state index >= 15 is 0 Å². The summed E-state index contributed by atoms with van der Waals surface area (Å²) in [5.41, 5.74) is 1.08. The zero-order chi connectivity index (χ0) is 11.5. The van der Waals surface area contributed by atoms with Crippen LogP contribution in [-0.4, -0.2) is 22.0 Å². The van der Waals surface area contributed by atoms with E-state index in [1.807, 2.05) is 12.1 Å². The van der Waals surface area contributed by atoms with Gasteiger partial charge in [0, 0.05) is 29.8 Å². The number of aromatic nitrogens is 1. The summed E-state index contributed by atoms with van der Waals surface area (Å²) in [4.78, 5) is 6.93. The number of halogens is 1. The van der Waals surface area contributed by atoms with Gasteiger partial charge in [-0.05, 0) is 38.3 Å². The topological polar surface area (TPSA) is 16.1 Å². The minimum absolute atomic E-state index is 0.672. The third-order valence-corrected chi connectivity index (χ3v) is 3.78. The van der Waals surface area contributed by atoms with Gasteiger partial charge in [0.15, 0.2) is 0 Å². The Labute approximate surface area is 103 Å². The van der Waals surface area contributed by atoms with Gasteiger partial charge in [0.05, 0.1) is 5.69 Å². The Kier molecular flexibility index (Phi) is 3.82. The van der Waals surface area contributed by atoms with Crippen LogP contribution in [0.5, 0.6) is 0 Å². The van der Waals surface area contributed by atoms with E-state index in [4.69, 9.17) is 11.6 Å². The Bertz CT molecular complexity index is 354. The van der Waals surface area contributed by atoms with E-state index < -0.39 is 0 Å². The van der Waals surface area contributed by atoms with Gasteiger partial charge in [0.1, 0.15) is 0 Å². The molecule has 88 valence electrons. The van der Waals surface area contributed by atoms with Crippen molar-refractivity contribution >= 4 is 11.6 Å². The molecule has 2 heterocycles. The van der Waals surface area contributed by atoms with Gasteiger partial charge in [-0.2, -0.15) is 0 Å². The largest absolute Gasteiger partial charge is 0.292 e. The minimum Gasteiger partial charge on any atom is -0.292 e. The van der Waals surface area contributed by atoms with Gasteiger partial charge < -0.3 is 0 Å². The summed E-state index contributed by atoms with van der Waals surface area (Å²) >= 11 is 5.98. The molecule has 2 nitrogen and oxygen atoms in total. The first kappa shape index (κ1) is 11.9. The molecule has 16 heavy (non-hydrogen) atoms. The molecule has 1 aromatic rings. The van der Waals surface area contributed by atoms with Gasteiger partial charge in [-0.3, -0.25) is 9.88 Å². The Balaban J connectivity index is 2.08. The zero-order valence-electron chi connectivity index (χ0n) is 9.99. The molecule has 0 bridgehead atoms. The van der Waals surface area contributed by atoms with Crippen molar-refractivity contribution in [3.63, 3.8) is 0 Å². The third kappa shape index (κ3) is 2.55. The van der Waals surface area contributed by atoms with Crippen molar-refractivity contribution in [2.45, 2.75) is 51.7 Å². The predicted molar refractivity (Wildman–Crippen MR) is 67.6 cm³/mol. The van der Waals surface area contributed by atoms with Crippen LogP contribution in [0.4, 0.5) is 0 Å². The summed E-state index contributed by atoms with van der Waals surface area (Å²) in [5.74, 6) is 0. The first-order valence-corrected chi connectivity index (χ1v) is 6.44. The van der Waals surface area contributed by atoms with Crippen molar-refractivity contribution < 1.29 is 0 Å². The molecule has 2 unspecified atom stereocenters. The van der Waals surface area contributed by atoms with E-state index in [2.05, 4.69) is 23.7 Å². The number of hydrogen-bond acceptors (Lipinski definition) is 2. The highest BCUT2D eigenvalue weighted by Gasteiger charge is 2.29. The van der Waals surface area contributed by atoms with E-state index in [-0.39, 0.29) is 0 Å². The van der Waals surface area contributed by atoms with E-state index in [9.17, 15) is 0 Å². The summed E-state index contributed by atoms with van der Waals surface area (Å²) in [6.45, 7) is 5.50. The fourth-order valence-electron chi connectivity index (χ4n) is 2.57. The lowest BCUT2D eigenvalue weighted by atomic mass is 10.1. The molecule has 0 amide bonds. The van der Waals surface area contributed by atoms with Crippen LogP contribution >= 0.6 is 11.6 Å². The highest BCUT2D eigenvalue weighted by Crippen LogP contribution is 2.27. The standard InChI is InChI=1S/C13H19ClN2/c1-3-13-5-4-10(2)16(13)9-12-8-11(14)6-7-15-12/h6-8,10,13H,3-5,9H2,1-2H3. The maximum atomic E-state index is 5.98. The highest BCUT2D eigenvalue weighted by atomic mass is 35.5. The molecule has 0 radical (unpaired) electrons. The van der Waals surface area contributed by atoms with E-state index in [0.717, 1.165) is 23.3 Å². The minimum atomic E-state index is 0.672. The molecule has 2 rings (SSSR count). The van der Waals surface area contributed by atoms with Gasteiger partial charge in [-0.1, -0.05) is 18.5 Å². The van der Waals surface area contributed by atoms with Crippen molar-refractivity contribution in [3.05, 3.63) is 29.0 Å². The summed E-state index contributed by atoms with van der Waals surface area (Å²) in [7, 11) is 0. The monoisotopic (exact) mass is 238 g/mol. The molecule has 1 aliphatic heterocycles. The second-order valence-electron chi connectivity index (χ2n) is 4.63. The Morgan fingerprint density at radius 1 is 1.50 bits per heavy atom. The molecule has 0 N–H and O–H groups in total. The van der Waals surface area contributed by atoms with Crippen LogP contribution in [0.25, 0.3) is 0 Å². The number of pyridine rings is 1. The smallest absolute Gasteiger partial charge is 0.0558 e. The highest BCUT2D eigenvalue weighted by molar-refractivity contribution is 6.30. The maximum Gasteiger partial charge on any atom is 0.0558 e. The van der Waals surface area contributed by atoms with Crippen molar-refractivity contribution in [1.29, 1.82) is 0 Å². The first-order valence-electron chi connectivity index (χ1n) is 6.07. The number of likely N-dealkylation sites (tertiary alicyclic amines) is 1. The van der Waals surface area contributed by atoms with Crippen molar-refractivity contribution in [2.24, 2.45) is 0 Å². The molecule has 0 aromatic carbocycles. The zero-order valence-corrected chi connectivity index (χ0v) is 10.7. The second-order valence-corrected chi connectivity index (χ2v) is 5.06. The molecule has 1 fully saturated rings. The number of rotatable bonds is 3. The molecule has 0 spiro atoms. The molecule has 1 saturated heterocycles. The molecule has 1 aromatic heterocycles. The Hall–Kier alpha value is -0.600. The maximum absolute atomic E-state index is 5.98. The van der Waals surface area contributed by atoms with Crippen LogP contribution in [0.2, 0.25) is 5.02 Å². The summed E-state index contributed by atoms with van der Waals surface area (Å²) in [6.07, 6.45) is 5.64. The van der Waals surface area contributed by atoms with Crippen molar-refractivity contribution in [1.82, 2.24) is 9.88 Å². The van der Waals surface area contributed by atoms with E-state index in [1.165, 1.54) is 19.3 Å². The van der Waals surface area contributed by atoms with Crippen LogP contribution in [0, 0.1) is 0 Å². The summed E-state index contributed by atoms with van der Waals surface area (Å²) < 4.78 is 0. The molecular weight excluding hydrogens is 220 g/mol. The fourth-order valence-corrected chi connectivity index (χ4v) is 2.75. The van der Waals surface area contributed by atoms with Crippen LogP contribution in [-0.2, 0) is 6.54 Å². The number of nitrogens with zero attached hydrogens (tertiary/aromatic N) is 2. The first-order chi connectivity index (χ1) is 7.70. The molecule has 0 saturated carbocycles. The van der Waals surface area contributed by atoms with Crippen LogP contribution in [0.1, 0.15) is 38.8 Å². The van der Waals surface area contributed by atoms with E-state index in [0.29, 0.717) is 6.04 Å². The second kappa shape index (κ2) is 5.15. The Morgan fingerprint density at radius 3 is 3.00 bits per heavy atom.